The van der Waals surface area contributed by atoms with Gasteiger partial charge in [-0.1, -0.05) is 0 Å². The summed E-state index contributed by atoms with van der Waals surface area (Å²) in [6.45, 7) is 0. The molecule has 0 bridgehead atoms. The molecule has 0 amide bonds. The number of halogens is 1. The number of methoxy groups -OCH3 is 1. The predicted molar refractivity (Wildman–Crippen MR) is 62.7 cm³/mol. The summed E-state index contributed by atoms with van der Waals surface area (Å²) in [5.74, 6) is -0.907. The fourth-order valence-electron chi connectivity index (χ4n) is 1.08. The number of anilines is 1. The summed E-state index contributed by atoms with van der Waals surface area (Å²) in [7, 11) is 1.45. The quantitative estimate of drug-likeness (QED) is 0.471. The SMILES string of the molecule is COc1ccc(C(=O)O)cc1NC(=N)N.Cl. The number of carbonyl (C=O) groups is 1. The molecule has 88 valence electrons. The largest absolute Gasteiger partial charge is 0.495 e. The fraction of sp³-hybridized carbons (Fsp3) is 0.111. The number of carboxylic acids is 1. The normalized spacial score (nSPS) is 8.81. The second-order valence-corrected chi connectivity index (χ2v) is 2.76. The van der Waals surface area contributed by atoms with E-state index < -0.39 is 5.97 Å². The maximum atomic E-state index is 10.7. The lowest BCUT2D eigenvalue weighted by molar-refractivity contribution is 0.0697. The third-order valence-corrected chi connectivity index (χ3v) is 1.72. The van der Waals surface area contributed by atoms with Crippen molar-refractivity contribution in [2.24, 2.45) is 5.73 Å². The first kappa shape index (κ1) is 14.1. The van der Waals surface area contributed by atoms with E-state index in [0.717, 1.165) is 0 Å². The van der Waals surface area contributed by atoms with Crippen molar-refractivity contribution in [2.45, 2.75) is 0 Å². The van der Waals surface area contributed by atoms with Crippen LogP contribution in [0.4, 0.5) is 5.69 Å². The lowest BCUT2D eigenvalue weighted by Gasteiger charge is -2.10. The summed E-state index contributed by atoms with van der Waals surface area (Å²) in [5, 5.41) is 18.3. The van der Waals surface area contributed by atoms with E-state index in [-0.39, 0.29) is 23.9 Å². The second kappa shape index (κ2) is 5.82. The van der Waals surface area contributed by atoms with Gasteiger partial charge in [-0.05, 0) is 18.2 Å². The molecule has 0 fully saturated rings. The number of benzene rings is 1. The Kier molecular flexibility index (Phi) is 5.11. The average Bonchev–Trinajstić information content (AvgIpc) is 2.16. The van der Waals surface area contributed by atoms with Gasteiger partial charge in [-0.3, -0.25) is 5.41 Å². The number of aromatic carboxylic acids is 1. The molecular formula is C9H12ClN3O3. The van der Waals surface area contributed by atoms with Gasteiger partial charge < -0.3 is 20.9 Å². The van der Waals surface area contributed by atoms with Gasteiger partial charge in [0.25, 0.3) is 0 Å². The summed E-state index contributed by atoms with van der Waals surface area (Å²) >= 11 is 0. The van der Waals surface area contributed by atoms with Crippen molar-refractivity contribution in [2.75, 3.05) is 12.4 Å². The minimum absolute atomic E-state index is 0. The van der Waals surface area contributed by atoms with Crippen LogP contribution in [0.2, 0.25) is 0 Å². The summed E-state index contributed by atoms with van der Waals surface area (Å²) in [5.41, 5.74) is 5.59. The molecule has 0 unspecified atom stereocenters. The van der Waals surface area contributed by atoms with Gasteiger partial charge in [0.2, 0.25) is 0 Å². The zero-order valence-electron chi connectivity index (χ0n) is 8.48. The summed E-state index contributed by atoms with van der Waals surface area (Å²) in [6, 6.07) is 4.25. The Balaban J connectivity index is 0.00000225. The predicted octanol–water partition coefficient (Wildman–Crippen LogP) is 1.12. The van der Waals surface area contributed by atoms with Crippen LogP contribution < -0.4 is 15.8 Å². The van der Waals surface area contributed by atoms with Crippen LogP contribution >= 0.6 is 12.4 Å². The molecule has 0 aliphatic carbocycles. The highest BCUT2D eigenvalue weighted by Gasteiger charge is 2.08. The molecule has 0 atom stereocenters. The van der Waals surface area contributed by atoms with E-state index in [9.17, 15) is 4.79 Å². The number of nitrogens with one attached hydrogen (secondary N) is 2. The molecule has 1 rings (SSSR count). The zero-order chi connectivity index (χ0) is 11.4. The first-order valence-corrected chi connectivity index (χ1v) is 4.07. The van der Waals surface area contributed by atoms with Gasteiger partial charge in [0.1, 0.15) is 5.75 Å². The lowest BCUT2D eigenvalue weighted by Crippen LogP contribution is -2.21. The maximum absolute atomic E-state index is 10.7. The van der Waals surface area contributed by atoms with E-state index in [1.165, 1.54) is 25.3 Å². The fourth-order valence-corrected chi connectivity index (χ4v) is 1.08. The Bertz CT molecular complexity index is 409. The van der Waals surface area contributed by atoms with E-state index in [4.69, 9.17) is 21.0 Å². The van der Waals surface area contributed by atoms with E-state index in [2.05, 4.69) is 5.32 Å². The minimum atomic E-state index is -1.05. The maximum Gasteiger partial charge on any atom is 0.335 e. The molecule has 6 nitrogen and oxygen atoms in total. The van der Waals surface area contributed by atoms with E-state index in [0.29, 0.717) is 11.4 Å². The minimum Gasteiger partial charge on any atom is -0.495 e. The molecule has 7 heteroatoms. The molecule has 16 heavy (non-hydrogen) atoms. The standard InChI is InChI=1S/C9H11N3O3.ClH/c1-15-7-3-2-5(8(13)14)4-6(7)12-9(10)11;/h2-4H,1H3,(H,13,14)(H4,10,11,12);1H. The van der Waals surface area contributed by atoms with E-state index in [1.54, 1.807) is 0 Å². The molecule has 0 spiro atoms. The van der Waals surface area contributed by atoms with Crippen molar-refractivity contribution >= 4 is 30.0 Å². The lowest BCUT2D eigenvalue weighted by atomic mass is 10.2. The number of ether oxygens (including phenoxy) is 1. The van der Waals surface area contributed by atoms with Crippen LogP contribution in [0.25, 0.3) is 0 Å². The van der Waals surface area contributed by atoms with Crippen LogP contribution in [0.5, 0.6) is 5.75 Å². The van der Waals surface area contributed by atoms with Crippen molar-refractivity contribution in [3.8, 4) is 5.75 Å². The first-order chi connectivity index (χ1) is 7.04. The number of hydrogen-bond acceptors (Lipinski definition) is 3. The van der Waals surface area contributed by atoms with Gasteiger partial charge in [-0.2, -0.15) is 0 Å². The Hall–Kier alpha value is -1.95. The van der Waals surface area contributed by atoms with Gasteiger partial charge in [0.15, 0.2) is 5.96 Å². The molecular weight excluding hydrogens is 234 g/mol. The molecule has 5 N–H and O–H groups in total. The molecule has 0 saturated heterocycles. The number of rotatable bonds is 3. The monoisotopic (exact) mass is 245 g/mol. The average molecular weight is 246 g/mol. The molecule has 0 heterocycles. The summed E-state index contributed by atoms with van der Waals surface area (Å²) in [4.78, 5) is 10.7. The molecule has 0 saturated carbocycles. The van der Waals surface area contributed by atoms with Crippen LogP contribution in [0.15, 0.2) is 18.2 Å². The highest BCUT2D eigenvalue weighted by molar-refractivity contribution is 5.95. The number of guanidine groups is 1. The highest BCUT2D eigenvalue weighted by atomic mass is 35.5. The Morgan fingerprint density at radius 2 is 2.19 bits per heavy atom. The smallest absolute Gasteiger partial charge is 0.335 e. The Morgan fingerprint density at radius 3 is 2.62 bits per heavy atom. The van der Waals surface area contributed by atoms with Gasteiger partial charge >= 0.3 is 5.97 Å². The second-order valence-electron chi connectivity index (χ2n) is 2.76. The third kappa shape index (κ3) is 3.32. The Labute approximate surface area is 98.3 Å². The summed E-state index contributed by atoms with van der Waals surface area (Å²) < 4.78 is 4.97. The van der Waals surface area contributed by atoms with Crippen molar-refractivity contribution in [1.29, 1.82) is 5.41 Å². The van der Waals surface area contributed by atoms with Crippen molar-refractivity contribution in [1.82, 2.24) is 0 Å². The molecule has 0 aliphatic heterocycles. The first-order valence-electron chi connectivity index (χ1n) is 4.07. The number of carboxylic acid groups (broad SMARTS) is 1. The highest BCUT2D eigenvalue weighted by Crippen LogP contribution is 2.25. The van der Waals surface area contributed by atoms with E-state index in [1.807, 2.05) is 0 Å². The van der Waals surface area contributed by atoms with Gasteiger partial charge in [-0.15, -0.1) is 12.4 Å². The summed E-state index contributed by atoms with van der Waals surface area (Å²) in [6.07, 6.45) is 0. The van der Waals surface area contributed by atoms with Crippen LogP contribution in [0.1, 0.15) is 10.4 Å². The molecule has 0 radical (unpaired) electrons. The van der Waals surface area contributed by atoms with Gasteiger partial charge in [0.05, 0.1) is 18.4 Å². The number of hydrogen-bond donors (Lipinski definition) is 4. The topological polar surface area (TPSA) is 108 Å². The number of nitrogens with two attached hydrogens (primary N) is 1. The van der Waals surface area contributed by atoms with Crippen LogP contribution in [0, 0.1) is 5.41 Å². The van der Waals surface area contributed by atoms with Crippen molar-refractivity contribution < 1.29 is 14.6 Å². The molecule has 1 aromatic rings. The molecule has 0 aliphatic rings. The van der Waals surface area contributed by atoms with E-state index >= 15 is 0 Å². The zero-order valence-corrected chi connectivity index (χ0v) is 9.30. The van der Waals surface area contributed by atoms with Crippen LogP contribution in [-0.4, -0.2) is 24.1 Å². The molecule has 1 aromatic carbocycles. The third-order valence-electron chi connectivity index (χ3n) is 1.72. The van der Waals surface area contributed by atoms with Crippen LogP contribution in [-0.2, 0) is 0 Å². The van der Waals surface area contributed by atoms with Gasteiger partial charge in [-0.25, -0.2) is 4.79 Å². The van der Waals surface area contributed by atoms with Crippen molar-refractivity contribution in [3.05, 3.63) is 23.8 Å². The van der Waals surface area contributed by atoms with Crippen molar-refractivity contribution in [3.63, 3.8) is 0 Å². The molecule has 0 aromatic heterocycles. The van der Waals surface area contributed by atoms with Gasteiger partial charge in [0, 0.05) is 0 Å². The Morgan fingerprint density at radius 1 is 1.56 bits per heavy atom. The van der Waals surface area contributed by atoms with Crippen LogP contribution in [0.3, 0.4) is 0 Å².